The number of ether oxygens (including phenoxy) is 1. The maximum atomic E-state index is 11.5. The molecule has 1 N–H and O–H groups in total. The lowest BCUT2D eigenvalue weighted by Gasteiger charge is -2.03. The average molecular weight is 138 g/mol. The van der Waals surface area contributed by atoms with Gasteiger partial charge in [0.15, 0.2) is 18.7 Å². The van der Waals surface area contributed by atoms with Gasteiger partial charge in [-0.2, -0.15) is 13.2 Å². The van der Waals surface area contributed by atoms with E-state index in [4.69, 9.17) is 0 Å². The SMILES string of the molecule is FC(F)(F)C1=[C]OCN1. The Kier molecular flexibility index (Phi) is 1.27. The third-order valence-electron chi connectivity index (χ3n) is 0.779. The summed E-state index contributed by atoms with van der Waals surface area (Å²) in [6.45, 7) is -0.144. The van der Waals surface area contributed by atoms with Crippen LogP contribution in [-0.2, 0) is 4.74 Å². The zero-order valence-corrected chi connectivity index (χ0v) is 4.25. The highest BCUT2D eigenvalue weighted by molar-refractivity contribution is 5.01. The summed E-state index contributed by atoms with van der Waals surface area (Å²) in [5.41, 5.74) is -0.942. The van der Waals surface area contributed by atoms with E-state index in [1.54, 1.807) is 6.26 Å². The molecule has 9 heavy (non-hydrogen) atoms. The zero-order chi connectivity index (χ0) is 6.91. The van der Waals surface area contributed by atoms with Crippen molar-refractivity contribution in [3.63, 3.8) is 0 Å². The van der Waals surface area contributed by atoms with Gasteiger partial charge in [0.1, 0.15) is 0 Å². The summed E-state index contributed by atoms with van der Waals surface area (Å²) in [6.07, 6.45) is -2.67. The highest BCUT2D eigenvalue weighted by Gasteiger charge is 2.36. The van der Waals surface area contributed by atoms with Crippen molar-refractivity contribution in [3.05, 3.63) is 12.0 Å². The Bertz CT molecular complexity index is 139. The molecule has 0 aromatic carbocycles. The lowest BCUT2D eigenvalue weighted by atomic mass is 10.5. The molecule has 0 amide bonds. The average Bonchev–Trinajstić information content (AvgIpc) is 2.08. The summed E-state index contributed by atoms with van der Waals surface area (Å²) < 4.78 is 38.7. The highest BCUT2D eigenvalue weighted by atomic mass is 19.4. The minimum Gasteiger partial charge on any atom is -0.467 e. The van der Waals surface area contributed by atoms with E-state index in [0.717, 1.165) is 0 Å². The van der Waals surface area contributed by atoms with E-state index in [2.05, 4.69) is 4.74 Å². The van der Waals surface area contributed by atoms with Crippen LogP contribution in [0.15, 0.2) is 5.70 Å². The molecule has 0 saturated carbocycles. The third kappa shape index (κ3) is 1.28. The van der Waals surface area contributed by atoms with Gasteiger partial charge in [-0.25, -0.2) is 0 Å². The molecule has 0 saturated heterocycles. The predicted molar refractivity (Wildman–Crippen MR) is 21.9 cm³/mol. The van der Waals surface area contributed by atoms with Crippen molar-refractivity contribution >= 4 is 0 Å². The molecule has 1 aliphatic rings. The van der Waals surface area contributed by atoms with E-state index < -0.39 is 11.9 Å². The number of nitrogens with one attached hydrogen (secondary N) is 1. The Labute approximate surface area is 49.3 Å². The fourth-order valence-corrected chi connectivity index (χ4v) is 0.411. The van der Waals surface area contributed by atoms with Crippen LogP contribution in [0.25, 0.3) is 0 Å². The van der Waals surface area contributed by atoms with Crippen LogP contribution < -0.4 is 5.32 Å². The van der Waals surface area contributed by atoms with Gasteiger partial charge in [0.2, 0.25) is 0 Å². The summed E-state index contributed by atoms with van der Waals surface area (Å²) in [6, 6.07) is 0. The van der Waals surface area contributed by atoms with Crippen molar-refractivity contribution in [2.24, 2.45) is 0 Å². The van der Waals surface area contributed by atoms with Gasteiger partial charge in [0.05, 0.1) is 0 Å². The minimum atomic E-state index is -4.35. The number of hydrogen-bond donors (Lipinski definition) is 1. The first-order chi connectivity index (χ1) is 4.11. The second kappa shape index (κ2) is 1.82. The first-order valence-electron chi connectivity index (χ1n) is 2.16. The Morgan fingerprint density at radius 1 is 1.56 bits per heavy atom. The molecule has 0 aliphatic carbocycles. The van der Waals surface area contributed by atoms with Crippen LogP contribution in [-0.4, -0.2) is 12.9 Å². The van der Waals surface area contributed by atoms with Crippen LogP contribution in [0.2, 0.25) is 0 Å². The molecule has 1 rings (SSSR count). The number of hydrogen-bond acceptors (Lipinski definition) is 2. The van der Waals surface area contributed by atoms with Crippen molar-refractivity contribution in [1.82, 2.24) is 5.32 Å². The van der Waals surface area contributed by atoms with Crippen molar-refractivity contribution in [1.29, 1.82) is 0 Å². The lowest BCUT2D eigenvalue weighted by molar-refractivity contribution is -0.0960. The first kappa shape index (κ1) is 6.25. The Morgan fingerprint density at radius 3 is 2.44 bits per heavy atom. The maximum absolute atomic E-state index is 11.5. The van der Waals surface area contributed by atoms with Gasteiger partial charge in [-0.1, -0.05) is 0 Å². The Morgan fingerprint density at radius 2 is 2.22 bits per heavy atom. The monoisotopic (exact) mass is 138 g/mol. The fraction of sp³-hybridized carbons (Fsp3) is 0.500. The second-order valence-electron chi connectivity index (χ2n) is 1.44. The van der Waals surface area contributed by atoms with Crippen LogP contribution in [0.3, 0.4) is 0 Å². The molecule has 0 aromatic rings. The fourth-order valence-electron chi connectivity index (χ4n) is 0.411. The van der Waals surface area contributed by atoms with Crippen LogP contribution in [0.5, 0.6) is 0 Å². The quantitative estimate of drug-likeness (QED) is 0.533. The van der Waals surface area contributed by atoms with E-state index in [9.17, 15) is 13.2 Å². The molecule has 51 valence electrons. The van der Waals surface area contributed by atoms with E-state index in [1.165, 1.54) is 0 Å². The molecular formula is C4H3F3NO. The molecule has 0 bridgehead atoms. The topological polar surface area (TPSA) is 21.3 Å². The van der Waals surface area contributed by atoms with Gasteiger partial charge in [0.25, 0.3) is 0 Å². The molecule has 0 spiro atoms. The van der Waals surface area contributed by atoms with Crippen LogP contribution in [0.4, 0.5) is 13.2 Å². The molecule has 0 fully saturated rings. The number of allylic oxidation sites excluding steroid dienone is 1. The molecule has 1 heterocycles. The van der Waals surface area contributed by atoms with Gasteiger partial charge in [-0.05, 0) is 0 Å². The Hall–Kier alpha value is -0.870. The maximum Gasteiger partial charge on any atom is 0.434 e. The van der Waals surface area contributed by atoms with Crippen molar-refractivity contribution in [2.75, 3.05) is 6.73 Å². The van der Waals surface area contributed by atoms with Gasteiger partial charge < -0.3 is 10.1 Å². The predicted octanol–water partition coefficient (Wildman–Crippen LogP) is 0.771. The first-order valence-corrected chi connectivity index (χ1v) is 2.16. The molecule has 0 aromatic heterocycles. The van der Waals surface area contributed by atoms with Crippen molar-refractivity contribution < 1.29 is 17.9 Å². The van der Waals surface area contributed by atoms with E-state index in [1.807, 2.05) is 5.32 Å². The van der Waals surface area contributed by atoms with Gasteiger partial charge in [-0.15, -0.1) is 0 Å². The van der Waals surface area contributed by atoms with Crippen LogP contribution in [0.1, 0.15) is 0 Å². The lowest BCUT2D eigenvalue weighted by Crippen LogP contribution is -2.22. The van der Waals surface area contributed by atoms with Gasteiger partial charge in [-0.3, -0.25) is 0 Å². The molecular weight excluding hydrogens is 135 g/mol. The largest absolute Gasteiger partial charge is 0.467 e. The van der Waals surface area contributed by atoms with Crippen LogP contribution in [0, 0.1) is 6.26 Å². The number of halogens is 3. The minimum absolute atomic E-state index is 0.144. The number of alkyl halides is 3. The smallest absolute Gasteiger partial charge is 0.434 e. The summed E-state index contributed by atoms with van der Waals surface area (Å²) >= 11 is 0. The number of rotatable bonds is 0. The normalized spacial score (nSPS) is 18.3. The zero-order valence-electron chi connectivity index (χ0n) is 4.25. The molecule has 2 nitrogen and oxygen atoms in total. The molecule has 0 atom stereocenters. The Balaban J connectivity index is 2.61. The third-order valence-corrected chi connectivity index (χ3v) is 0.779. The molecule has 5 heteroatoms. The summed E-state index contributed by atoms with van der Waals surface area (Å²) in [5.74, 6) is 0. The van der Waals surface area contributed by atoms with Crippen LogP contribution >= 0.6 is 0 Å². The molecule has 1 radical (unpaired) electrons. The van der Waals surface area contributed by atoms with Gasteiger partial charge >= 0.3 is 6.18 Å². The van der Waals surface area contributed by atoms with Crippen molar-refractivity contribution in [2.45, 2.75) is 6.18 Å². The summed E-state index contributed by atoms with van der Waals surface area (Å²) in [5, 5.41) is 1.95. The summed E-state index contributed by atoms with van der Waals surface area (Å²) in [7, 11) is 0. The van der Waals surface area contributed by atoms with Gasteiger partial charge in [0, 0.05) is 0 Å². The van der Waals surface area contributed by atoms with E-state index >= 15 is 0 Å². The summed E-state index contributed by atoms with van der Waals surface area (Å²) in [4.78, 5) is 0. The molecule has 0 unspecified atom stereocenters. The second-order valence-corrected chi connectivity index (χ2v) is 1.44. The molecule has 1 aliphatic heterocycles. The van der Waals surface area contributed by atoms with Crippen molar-refractivity contribution in [3.8, 4) is 0 Å². The highest BCUT2D eigenvalue weighted by Crippen LogP contribution is 2.24. The standard InChI is InChI=1S/C4H3F3NO/c5-4(6,7)3-1-9-2-8-3/h8H,2H2. The van der Waals surface area contributed by atoms with E-state index in [-0.39, 0.29) is 6.73 Å². The van der Waals surface area contributed by atoms with E-state index in [0.29, 0.717) is 0 Å².